The molecule has 0 fully saturated rings. The standard InChI is InChI=1S/C25H26N4O3S2/c1-6-17-7-9-18(10-8-17)29-23(31)21-22(27-24(33-5)34-21)28(25(29)32)13-19(30)26-20-15(3)11-14(2)12-16(20)4/h7-12H,6,13H2,1-5H3,(H,26,30). The monoisotopic (exact) mass is 494 g/mol. The number of aryl methyl sites for hydroxylation is 4. The maximum absolute atomic E-state index is 13.5. The first-order valence-corrected chi connectivity index (χ1v) is 12.9. The van der Waals surface area contributed by atoms with Crippen molar-refractivity contribution in [1.82, 2.24) is 14.1 Å². The molecule has 4 rings (SSSR count). The first-order chi connectivity index (χ1) is 16.2. The molecule has 0 saturated carbocycles. The van der Waals surface area contributed by atoms with E-state index in [4.69, 9.17) is 0 Å². The highest BCUT2D eigenvalue weighted by Gasteiger charge is 2.21. The van der Waals surface area contributed by atoms with Crippen LogP contribution in [0.5, 0.6) is 0 Å². The van der Waals surface area contributed by atoms with Crippen LogP contribution in [0.3, 0.4) is 0 Å². The Balaban J connectivity index is 1.83. The van der Waals surface area contributed by atoms with Gasteiger partial charge >= 0.3 is 5.69 Å². The first-order valence-electron chi connectivity index (χ1n) is 10.9. The summed E-state index contributed by atoms with van der Waals surface area (Å²) in [4.78, 5) is 44.4. The fraction of sp³-hybridized carbons (Fsp3) is 0.280. The van der Waals surface area contributed by atoms with Crippen LogP contribution in [0.15, 0.2) is 50.3 Å². The van der Waals surface area contributed by atoms with Crippen molar-refractivity contribution in [2.75, 3.05) is 11.6 Å². The van der Waals surface area contributed by atoms with Crippen LogP contribution in [0, 0.1) is 20.8 Å². The van der Waals surface area contributed by atoms with E-state index in [9.17, 15) is 14.4 Å². The summed E-state index contributed by atoms with van der Waals surface area (Å²) >= 11 is 2.62. The minimum atomic E-state index is -0.591. The normalized spacial score (nSPS) is 11.2. The van der Waals surface area contributed by atoms with E-state index >= 15 is 0 Å². The maximum atomic E-state index is 13.5. The number of hydrogen-bond acceptors (Lipinski definition) is 6. The molecule has 1 amide bonds. The van der Waals surface area contributed by atoms with Gasteiger partial charge in [-0.2, -0.15) is 0 Å². The second-order valence-corrected chi connectivity index (χ2v) is 10.2. The van der Waals surface area contributed by atoms with E-state index in [0.29, 0.717) is 14.7 Å². The fourth-order valence-electron chi connectivity index (χ4n) is 4.05. The number of amides is 1. The molecule has 0 aliphatic heterocycles. The second kappa shape index (κ2) is 9.60. The number of carbonyl (C=O) groups excluding carboxylic acids is 1. The Morgan fingerprint density at radius 1 is 1.09 bits per heavy atom. The number of aromatic nitrogens is 3. The highest BCUT2D eigenvalue weighted by molar-refractivity contribution is 8.00. The van der Waals surface area contributed by atoms with E-state index in [2.05, 4.69) is 10.3 Å². The number of anilines is 1. The van der Waals surface area contributed by atoms with Gasteiger partial charge in [-0.15, -0.1) is 11.3 Å². The smallest absolute Gasteiger partial charge is 0.324 e. The Bertz CT molecular complexity index is 1490. The van der Waals surface area contributed by atoms with Crippen LogP contribution >= 0.6 is 23.1 Å². The van der Waals surface area contributed by atoms with E-state index < -0.39 is 11.2 Å². The zero-order valence-electron chi connectivity index (χ0n) is 19.8. The first kappa shape index (κ1) is 24.0. The van der Waals surface area contributed by atoms with Gasteiger partial charge in [0.2, 0.25) is 5.91 Å². The molecule has 0 spiro atoms. The second-order valence-electron chi connectivity index (χ2n) is 8.19. The lowest BCUT2D eigenvalue weighted by Crippen LogP contribution is -2.40. The van der Waals surface area contributed by atoms with Gasteiger partial charge in [-0.05, 0) is 62.3 Å². The topological polar surface area (TPSA) is 86.0 Å². The molecule has 1 N–H and O–H groups in total. The number of hydrogen-bond donors (Lipinski definition) is 1. The van der Waals surface area contributed by atoms with Gasteiger partial charge in [0.05, 0.1) is 5.69 Å². The molecule has 9 heteroatoms. The fourth-order valence-corrected chi connectivity index (χ4v) is 5.55. The third-order valence-electron chi connectivity index (χ3n) is 5.69. The van der Waals surface area contributed by atoms with Gasteiger partial charge in [0.15, 0.2) is 9.99 Å². The lowest BCUT2D eigenvalue weighted by atomic mass is 10.1. The van der Waals surface area contributed by atoms with Crippen LogP contribution < -0.4 is 16.6 Å². The summed E-state index contributed by atoms with van der Waals surface area (Å²) in [6.07, 6.45) is 2.71. The largest absolute Gasteiger partial charge is 0.337 e. The zero-order valence-corrected chi connectivity index (χ0v) is 21.4. The highest BCUT2D eigenvalue weighted by atomic mass is 32.2. The van der Waals surface area contributed by atoms with Gasteiger partial charge in [-0.3, -0.25) is 14.2 Å². The van der Waals surface area contributed by atoms with E-state index in [1.165, 1.54) is 27.7 Å². The molecule has 34 heavy (non-hydrogen) atoms. The van der Waals surface area contributed by atoms with Gasteiger partial charge in [-0.1, -0.05) is 48.5 Å². The minimum absolute atomic E-state index is 0.235. The molecule has 0 atom stereocenters. The Kier molecular flexibility index (Phi) is 6.77. The summed E-state index contributed by atoms with van der Waals surface area (Å²) in [5.41, 5.74) is 4.52. The van der Waals surface area contributed by atoms with Crippen molar-refractivity contribution >= 4 is 45.0 Å². The number of nitrogens with zero attached hydrogens (tertiary/aromatic N) is 3. The summed E-state index contributed by atoms with van der Waals surface area (Å²) in [7, 11) is 0. The lowest BCUT2D eigenvalue weighted by Gasteiger charge is -2.15. The predicted octanol–water partition coefficient (Wildman–Crippen LogP) is 4.46. The molecule has 2 aromatic carbocycles. The Hall–Kier alpha value is -3.17. The van der Waals surface area contributed by atoms with Crippen LogP contribution in [0.25, 0.3) is 16.0 Å². The summed E-state index contributed by atoms with van der Waals surface area (Å²) in [5.74, 6) is -0.358. The lowest BCUT2D eigenvalue weighted by molar-refractivity contribution is -0.116. The van der Waals surface area contributed by atoms with Crippen LogP contribution in [0.1, 0.15) is 29.2 Å². The predicted molar refractivity (Wildman–Crippen MR) is 140 cm³/mol. The van der Waals surface area contributed by atoms with Crippen molar-refractivity contribution in [3.63, 3.8) is 0 Å². The minimum Gasteiger partial charge on any atom is -0.324 e. The number of carbonyl (C=O) groups is 1. The van der Waals surface area contributed by atoms with E-state index in [1.807, 2.05) is 58.2 Å². The molecule has 7 nitrogen and oxygen atoms in total. The van der Waals surface area contributed by atoms with Gasteiger partial charge in [0.1, 0.15) is 11.2 Å². The van der Waals surface area contributed by atoms with Crippen LogP contribution in [-0.4, -0.2) is 26.3 Å². The number of thiazole rings is 1. The average molecular weight is 495 g/mol. The zero-order chi connectivity index (χ0) is 24.6. The number of fused-ring (bicyclic) bond motifs is 1. The number of nitrogens with one attached hydrogen (secondary N) is 1. The molecule has 0 aliphatic rings. The average Bonchev–Trinajstić information content (AvgIpc) is 3.24. The van der Waals surface area contributed by atoms with Gasteiger partial charge in [0, 0.05) is 5.69 Å². The molecule has 0 aliphatic carbocycles. The molecule has 0 saturated heterocycles. The van der Waals surface area contributed by atoms with Gasteiger partial charge < -0.3 is 5.32 Å². The molecule has 0 unspecified atom stereocenters. The van der Waals surface area contributed by atoms with Crippen LogP contribution in [-0.2, 0) is 17.8 Å². The van der Waals surface area contributed by atoms with Crippen LogP contribution in [0.4, 0.5) is 5.69 Å². The molecule has 0 radical (unpaired) electrons. The third kappa shape index (κ3) is 4.45. The molecular formula is C25H26N4O3S2. The van der Waals surface area contributed by atoms with E-state index in [1.54, 1.807) is 12.1 Å². The Morgan fingerprint density at radius 3 is 2.32 bits per heavy atom. The Morgan fingerprint density at radius 2 is 1.74 bits per heavy atom. The van der Waals surface area contributed by atoms with Crippen molar-refractivity contribution in [2.45, 2.75) is 45.0 Å². The van der Waals surface area contributed by atoms with Crippen LogP contribution in [0.2, 0.25) is 0 Å². The SMILES string of the molecule is CCc1ccc(-n2c(=O)c3sc(SC)nc3n(CC(=O)Nc3c(C)cc(C)cc3C)c2=O)cc1. The molecule has 2 aromatic heterocycles. The quantitative estimate of drug-likeness (QED) is 0.400. The molecule has 4 aromatic rings. The molecule has 0 bridgehead atoms. The Labute approximate surface area is 205 Å². The maximum Gasteiger partial charge on any atom is 0.337 e. The summed E-state index contributed by atoms with van der Waals surface area (Å²) in [6, 6.07) is 11.3. The molecular weight excluding hydrogens is 468 g/mol. The summed E-state index contributed by atoms with van der Waals surface area (Å²) in [6.45, 7) is 7.66. The van der Waals surface area contributed by atoms with Crippen molar-refractivity contribution < 1.29 is 4.79 Å². The highest BCUT2D eigenvalue weighted by Crippen LogP contribution is 2.26. The number of thioether (sulfide) groups is 1. The summed E-state index contributed by atoms with van der Waals surface area (Å²) < 4.78 is 3.41. The van der Waals surface area contributed by atoms with Gasteiger partial charge in [-0.25, -0.2) is 14.3 Å². The van der Waals surface area contributed by atoms with E-state index in [-0.39, 0.29) is 18.1 Å². The summed E-state index contributed by atoms with van der Waals surface area (Å²) in [5, 5.41) is 2.94. The van der Waals surface area contributed by atoms with E-state index in [0.717, 1.165) is 38.9 Å². The van der Waals surface area contributed by atoms with Crippen molar-refractivity contribution in [3.8, 4) is 5.69 Å². The van der Waals surface area contributed by atoms with Crippen molar-refractivity contribution in [3.05, 3.63) is 79.5 Å². The van der Waals surface area contributed by atoms with Crippen molar-refractivity contribution in [1.29, 1.82) is 0 Å². The molecule has 176 valence electrons. The van der Waals surface area contributed by atoms with Crippen molar-refractivity contribution in [2.24, 2.45) is 0 Å². The number of rotatable bonds is 6. The van der Waals surface area contributed by atoms with Gasteiger partial charge in [0.25, 0.3) is 5.56 Å². The third-order valence-corrected chi connectivity index (χ3v) is 7.70. The number of benzene rings is 2. The molecule has 2 heterocycles.